The lowest BCUT2D eigenvalue weighted by Crippen LogP contribution is -2.28. The van der Waals surface area contributed by atoms with Crippen molar-refractivity contribution in [3.05, 3.63) is 130 Å². The van der Waals surface area contributed by atoms with E-state index in [9.17, 15) is 19.2 Å². The van der Waals surface area contributed by atoms with Gasteiger partial charge in [-0.25, -0.2) is 19.2 Å². The van der Waals surface area contributed by atoms with E-state index in [-0.39, 0.29) is 49.6 Å². The number of unbranched alkanes of at least 4 members (excludes halogenated alkanes) is 3. The number of esters is 4. The number of ether oxygens (including phenoxy) is 6. The molecular weight excluding hydrogens is 901 g/mol. The maximum Gasteiger partial charge on any atom is 0.338 e. The summed E-state index contributed by atoms with van der Waals surface area (Å²) < 4.78 is 33.7. The molecule has 2 aliphatic rings. The minimum Gasteiger partial charge on any atom is -0.462 e. The van der Waals surface area contributed by atoms with Gasteiger partial charge in [-0.1, -0.05) is 57.4 Å². The summed E-state index contributed by atoms with van der Waals surface area (Å²) in [5.74, 6) is -1.53. The van der Waals surface area contributed by atoms with E-state index in [4.69, 9.17) is 51.4 Å². The zero-order valence-electron chi connectivity index (χ0n) is 41.5. The zero-order valence-corrected chi connectivity index (χ0v) is 41.5. The van der Waals surface area contributed by atoms with E-state index in [1.54, 1.807) is 84.9 Å². The summed E-state index contributed by atoms with van der Waals surface area (Å²) in [6, 6.07) is 24.5. The summed E-state index contributed by atoms with van der Waals surface area (Å²) >= 11 is 0. The number of benzene rings is 4. The van der Waals surface area contributed by atoms with Gasteiger partial charge in [0, 0.05) is 61.0 Å². The van der Waals surface area contributed by atoms with E-state index in [1.165, 1.54) is 25.0 Å². The van der Waals surface area contributed by atoms with Gasteiger partial charge >= 0.3 is 23.9 Å². The van der Waals surface area contributed by atoms with Crippen LogP contribution in [0.25, 0.3) is 12.2 Å². The van der Waals surface area contributed by atoms with Crippen molar-refractivity contribution < 1.29 is 47.6 Å². The second kappa shape index (κ2) is 30.2. The van der Waals surface area contributed by atoms with E-state index in [0.717, 1.165) is 106 Å². The molecule has 0 heterocycles. The van der Waals surface area contributed by atoms with Crippen molar-refractivity contribution >= 4 is 58.8 Å². The molecule has 4 aromatic rings. The summed E-state index contributed by atoms with van der Waals surface area (Å²) in [6.45, 7) is 6.42. The maximum absolute atomic E-state index is 12.5. The van der Waals surface area contributed by atoms with Crippen LogP contribution in [0.2, 0.25) is 0 Å². The summed E-state index contributed by atoms with van der Waals surface area (Å²) in [6.07, 6.45) is 20.3. The predicted octanol–water partition coefficient (Wildman–Crippen LogP) is 10.3. The van der Waals surface area contributed by atoms with Crippen molar-refractivity contribution in [3.63, 3.8) is 0 Å². The molecule has 0 aliphatic heterocycles. The number of nitrogen functional groups attached to an aromatic ring is 4. The van der Waals surface area contributed by atoms with E-state index in [0.29, 0.717) is 46.7 Å². The quantitative estimate of drug-likeness (QED) is 0.0178. The highest BCUT2D eigenvalue weighted by Gasteiger charge is 2.26. The standard InChI is InChI=1S/C29H38N2O5.C28H36N2O5/c1-2-3-4-16-34-26-10-12-27(13-11-26)36-29(33)23-8-5-21(6-9-23)7-14-28(32)35-17-15-22-18-24(30)20-25(31)19-22;1-2-3-15-33-25-9-11-26(12-10-25)35-28(32)22-7-4-20(5-8-22)6-13-27(31)34-16-14-21-17-23(29)19-24(30)18-21/h5-9,14,18-20,26-27H,2-4,10-13,15-17,30-31H2,1H3;4-8,13,17-19,25-26H,2-3,9-12,14-16,29-30H2,1H3/b14-7+;13-6+. The van der Waals surface area contributed by atoms with Crippen molar-refractivity contribution in [2.24, 2.45) is 0 Å². The molecule has 71 heavy (non-hydrogen) atoms. The van der Waals surface area contributed by atoms with Gasteiger partial charge < -0.3 is 51.4 Å². The Morgan fingerprint density at radius 2 is 0.817 bits per heavy atom. The molecule has 8 N–H and O–H groups in total. The fourth-order valence-corrected chi connectivity index (χ4v) is 8.27. The van der Waals surface area contributed by atoms with Crippen molar-refractivity contribution in [2.45, 2.75) is 135 Å². The first-order chi connectivity index (χ1) is 34.3. The Morgan fingerprint density at radius 3 is 1.18 bits per heavy atom. The molecule has 0 spiro atoms. The molecule has 2 saturated carbocycles. The summed E-state index contributed by atoms with van der Waals surface area (Å²) in [5, 5.41) is 0. The van der Waals surface area contributed by atoms with Crippen LogP contribution in [-0.4, -0.2) is 74.7 Å². The highest BCUT2D eigenvalue weighted by molar-refractivity contribution is 5.91. The molecule has 0 unspecified atom stereocenters. The molecule has 0 atom stereocenters. The minimum absolute atomic E-state index is 0.0633. The lowest BCUT2D eigenvalue weighted by molar-refractivity contribution is -0.138. The number of hydrogen-bond acceptors (Lipinski definition) is 14. The van der Waals surface area contributed by atoms with Crippen LogP contribution in [0.1, 0.15) is 140 Å². The van der Waals surface area contributed by atoms with Gasteiger partial charge in [0.1, 0.15) is 12.2 Å². The fraction of sp³-hybridized carbons (Fsp3) is 0.439. The first kappa shape index (κ1) is 55.3. The Balaban J connectivity index is 0.000000264. The molecule has 14 heteroatoms. The Labute approximate surface area is 419 Å². The molecule has 4 aromatic carbocycles. The van der Waals surface area contributed by atoms with Gasteiger partial charge in [-0.2, -0.15) is 0 Å². The Bertz CT molecular complexity index is 2290. The van der Waals surface area contributed by atoms with Crippen molar-refractivity contribution in [1.29, 1.82) is 0 Å². The second-order valence-electron chi connectivity index (χ2n) is 18.2. The summed E-state index contributed by atoms with van der Waals surface area (Å²) in [7, 11) is 0. The monoisotopic (exact) mass is 975 g/mol. The van der Waals surface area contributed by atoms with Crippen LogP contribution in [0.5, 0.6) is 0 Å². The van der Waals surface area contributed by atoms with Gasteiger partial charge in [-0.15, -0.1) is 0 Å². The van der Waals surface area contributed by atoms with Gasteiger partial charge in [0.2, 0.25) is 0 Å². The number of carbonyl (C=O) groups excluding carboxylic acids is 4. The zero-order chi connectivity index (χ0) is 50.8. The Kier molecular flexibility index (Phi) is 23.5. The number of nitrogens with two attached hydrogens (primary N) is 4. The number of rotatable bonds is 23. The van der Waals surface area contributed by atoms with Gasteiger partial charge in [0.25, 0.3) is 0 Å². The third kappa shape index (κ3) is 21.1. The van der Waals surface area contributed by atoms with Crippen LogP contribution in [0.15, 0.2) is 97.1 Å². The fourth-order valence-electron chi connectivity index (χ4n) is 8.27. The average Bonchev–Trinajstić information content (AvgIpc) is 3.35. The van der Waals surface area contributed by atoms with Gasteiger partial charge in [0.15, 0.2) is 0 Å². The molecule has 2 fully saturated rings. The topological polar surface area (TPSA) is 228 Å². The predicted molar refractivity (Wildman–Crippen MR) is 280 cm³/mol. The summed E-state index contributed by atoms with van der Waals surface area (Å²) in [4.78, 5) is 49.0. The van der Waals surface area contributed by atoms with E-state index in [2.05, 4.69) is 13.8 Å². The molecular formula is C57H74N4O10. The smallest absolute Gasteiger partial charge is 0.338 e. The third-order valence-corrected chi connectivity index (χ3v) is 12.2. The van der Waals surface area contributed by atoms with Crippen molar-refractivity contribution in [3.8, 4) is 0 Å². The number of hydrogen-bond donors (Lipinski definition) is 4. The van der Waals surface area contributed by atoms with Crippen LogP contribution < -0.4 is 22.9 Å². The first-order valence-electron chi connectivity index (χ1n) is 25.2. The van der Waals surface area contributed by atoms with Crippen molar-refractivity contribution in [1.82, 2.24) is 0 Å². The normalized spacial score (nSPS) is 17.8. The lowest BCUT2D eigenvalue weighted by Gasteiger charge is -2.28. The van der Waals surface area contributed by atoms with Gasteiger partial charge in [0.05, 0.1) is 36.5 Å². The Morgan fingerprint density at radius 1 is 0.465 bits per heavy atom. The van der Waals surface area contributed by atoms with E-state index >= 15 is 0 Å². The highest BCUT2D eigenvalue weighted by Crippen LogP contribution is 2.26. The second-order valence-corrected chi connectivity index (χ2v) is 18.2. The highest BCUT2D eigenvalue weighted by atomic mass is 16.6. The van der Waals surface area contributed by atoms with Crippen LogP contribution in [0.4, 0.5) is 22.7 Å². The molecule has 382 valence electrons. The molecule has 2 aliphatic carbocycles. The molecule has 0 radical (unpaired) electrons. The van der Waals surface area contributed by atoms with Crippen LogP contribution >= 0.6 is 0 Å². The van der Waals surface area contributed by atoms with Crippen molar-refractivity contribution in [2.75, 3.05) is 49.4 Å². The third-order valence-electron chi connectivity index (χ3n) is 12.2. The van der Waals surface area contributed by atoms with E-state index < -0.39 is 11.9 Å². The first-order valence-corrected chi connectivity index (χ1v) is 25.2. The van der Waals surface area contributed by atoms with Gasteiger partial charge in [-0.05, 0) is 159 Å². The van der Waals surface area contributed by atoms with Gasteiger partial charge in [-0.3, -0.25) is 0 Å². The van der Waals surface area contributed by atoms with Crippen LogP contribution in [-0.2, 0) is 50.9 Å². The molecule has 0 amide bonds. The Hall–Kier alpha value is -6.64. The molecule has 0 bridgehead atoms. The number of anilines is 4. The molecule has 14 nitrogen and oxygen atoms in total. The molecule has 0 aromatic heterocycles. The molecule has 6 rings (SSSR count). The minimum atomic E-state index is -0.445. The number of carbonyl (C=O) groups is 4. The largest absolute Gasteiger partial charge is 0.462 e. The van der Waals surface area contributed by atoms with E-state index in [1.807, 2.05) is 12.1 Å². The average molecular weight is 975 g/mol. The van der Waals surface area contributed by atoms with Crippen LogP contribution in [0.3, 0.4) is 0 Å². The SMILES string of the molecule is CCCCCOC1CCC(OC(=O)c2ccc(/C=C/C(=O)OCCc3cc(N)cc(N)c3)cc2)CC1.CCCCOC1CCC(OC(=O)c2ccc(/C=C/C(=O)OCCc3cc(N)cc(N)c3)cc2)CC1. The molecule has 0 saturated heterocycles. The lowest BCUT2D eigenvalue weighted by atomic mass is 9.95. The van der Waals surface area contributed by atoms with Crippen LogP contribution in [0, 0.1) is 0 Å². The maximum atomic E-state index is 12.5. The summed E-state index contributed by atoms with van der Waals surface area (Å²) in [5.41, 5.74) is 29.8.